The zero-order valence-corrected chi connectivity index (χ0v) is 19.5. The molecular formula is C24H21IN4O. The van der Waals surface area contributed by atoms with Crippen molar-refractivity contribution in [3.8, 4) is 17.9 Å². The van der Waals surface area contributed by atoms with Crippen molar-refractivity contribution in [3.63, 3.8) is 0 Å². The number of hydrogen-bond donors (Lipinski definition) is 0. The predicted octanol–water partition coefficient (Wildman–Crippen LogP) is 5.23. The number of hydrogen-bond acceptors (Lipinski definition) is 3. The van der Waals surface area contributed by atoms with E-state index in [1.807, 2.05) is 31.5 Å². The number of rotatable bonds is 3. The first kappa shape index (κ1) is 20.4. The smallest absolute Gasteiger partial charge is 0.308 e. The second-order valence-corrected chi connectivity index (χ2v) is 8.87. The highest BCUT2D eigenvalue weighted by Crippen LogP contribution is 2.47. The molecule has 1 aliphatic carbocycles. The first-order chi connectivity index (χ1) is 14.3. The number of carbonyl (C=O) groups is 1. The van der Waals surface area contributed by atoms with Crippen molar-refractivity contribution in [1.82, 2.24) is 9.55 Å². The maximum absolute atomic E-state index is 13.2. The zero-order chi connectivity index (χ0) is 21.6. The molecular weight excluding hydrogens is 487 g/mol. The third-order valence-electron chi connectivity index (χ3n) is 5.45. The van der Waals surface area contributed by atoms with Gasteiger partial charge >= 0.3 is 5.91 Å². The van der Waals surface area contributed by atoms with Gasteiger partial charge < -0.3 is 4.57 Å². The Labute approximate surface area is 189 Å². The van der Waals surface area contributed by atoms with Crippen molar-refractivity contribution < 1.29 is 4.79 Å². The normalized spacial score (nSPS) is 12.9. The van der Waals surface area contributed by atoms with E-state index >= 15 is 0 Å². The van der Waals surface area contributed by atoms with E-state index in [9.17, 15) is 10.1 Å². The van der Waals surface area contributed by atoms with Crippen LogP contribution >= 0.6 is 22.6 Å². The molecule has 0 spiro atoms. The number of nitrogens with zero attached hydrogens (tertiary/aromatic N) is 4. The minimum Gasteiger partial charge on any atom is -0.348 e. The summed E-state index contributed by atoms with van der Waals surface area (Å²) < 4.78 is 3.09. The van der Waals surface area contributed by atoms with Crippen molar-refractivity contribution in [1.29, 1.82) is 5.26 Å². The maximum atomic E-state index is 13.2. The number of amides is 1. The molecule has 4 rings (SSSR count). The number of anilines is 2. The number of benzene rings is 1. The molecule has 1 aliphatic rings. The molecule has 0 atom stereocenters. The lowest BCUT2D eigenvalue weighted by molar-refractivity contribution is -0.112. The van der Waals surface area contributed by atoms with Crippen molar-refractivity contribution in [2.45, 2.75) is 39.5 Å². The summed E-state index contributed by atoms with van der Waals surface area (Å²) in [6.07, 6.45) is 4.02. The summed E-state index contributed by atoms with van der Waals surface area (Å²) in [5, 5.41) is 9.56. The highest BCUT2D eigenvalue weighted by Gasteiger charge is 2.31. The Kier molecular flexibility index (Phi) is 5.29. The van der Waals surface area contributed by atoms with Crippen LogP contribution in [-0.2, 0) is 11.8 Å². The molecule has 2 aromatic heterocycles. The molecule has 0 unspecified atom stereocenters. The second kappa shape index (κ2) is 7.77. The molecule has 0 radical (unpaired) electrons. The fraction of sp³-hybridized carbons (Fsp3) is 0.292. The third-order valence-corrected chi connectivity index (χ3v) is 6.61. The van der Waals surface area contributed by atoms with Gasteiger partial charge in [-0.1, -0.05) is 5.92 Å². The average Bonchev–Trinajstić information content (AvgIpc) is 3.48. The topological polar surface area (TPSA) is 61.9 Å². The molecule has 5 nitrogen and oxygen atoms in total. The summed E-state index contributed by atoms with van der Waals surface area (Å²) in [5.41, 5.74) is 6.04. The standard InChI is InChI=1S/C24H21IN4O/c1-5-6-22(30)29(20-9-14(2)19(25)11-18(20)16-7-8-16)21-10-15(3)24-23(27-21)17(12-26)13-28(24)4/h9-11,13,16H,7-8H2,1-4H3. The molecule has 150 valence electrons. The number of carbonyl (C=O) groups excluding carboxylic acids is 1. The predicted molar refractivity (Wildman–Crippen MR) is 127 cm³/mol. The zero-order valence-electron chi connectivity index (χ0n) is 17.4. The van der Waals surface area contributed by atoms with Gasteiger partial charge in [0.05, 0.1) is 16.8 Å². The average molecular weight is 508 g/mol. The molecule has 0 bridgehead atoms. The Balaban J connectivity index is 2.00. The van der Waals surface area contributed by atoms with Gasteiger partial charge in [-0.05, 0) is 103 Å². The van der Waals surface area contributed by atoms with Crippen LogP contribution in [0.15, 0.2) is 24.4 Å². The van der Waals surface area contributed by atoms with Crippen LogP contribution < -0.4 is 4.90 Å². The summed E-state index contributed by atoms with van der Waals surface area (Å²) in [4.78, 5) is 19.6. The summed E-state index contributed by atoms with van der Waals surface area (Å²) in [6.45, 7) is 5.68. The molecule has 1 aromatic carbocycles. The lowest BCUT2D eigenvalue weighted by atomic mass is 10.0. The quantitative estimate of drug-likeness (QED) is 0.360. The third kappa shape index (κ3) is 3.46. The minimum absolute atomic E-state index is 0.319. The van der Waals surface area contributed by atoms with Gasteiger partial charge in [0, 0.05) is 16.8 Å². The van der Waals surface area contributed by atoms with Gasteiger partial charge in [0.25, 0.3) is 0 Å². The Morgan fingerprint density at radius 3 is 2.63 bits per heavy atom. The van der Waals surface area contributed by atoms with Crippen molar-refractivity contribution in [2.24, 2.45) is 7.05 Å². The van der Waals surface area contributed by atoms with Crippen molar-refractivity contribution >= 4 is 51.0 Å². The Bertz CT molecular complexity index is 1300. The van der Waals surface area contributed by atoms with Crippen LogP contribution in [0.5, 0.6) is 0 Å². The molecule has 6 heteroatoms. The summed E-state index contributed by atoms with van der Waals surface area (Å²) in [5.74, 6) is 6.05. The lowest BCUT2D eigenvalue weighted by Gasteiger charge is -2.24. The first-order valence-electron chi connectivity index (χ1n) is 9.79. The lowest BCUT2D eigenvalue weighted by Crippen LogP contribution is -2.26. The largest absolute Gasteiger partial charge is 0.348 e. The monoisotopic (exact) mass is 508 g/mol. The van der Waals surface area contributed by atoms with E-state index in [2.05, 4.69) is 52.6 Å². The highest BCUT2D eigenvalue weighted by molar-refractivity contribution is 14.1. The Morgan fingerprint density at radius 2 is 2.00 bits per heavy atom. The molecule has 2 heterocycles. The van der Waals surface area contributed by atoms with E-state index in [-0.39, 0.29) is 5.91 Å². The first-order valence-corrected chi connectivity index (χ1v) is 10.9. The van der Waals surface area contributed by atoms with E-state index in [0.29, 0.717) is 22.8 Å². The SMILES string of the molecule is CC#CC(=O)N(c1cc(C)c2c(n1)c(C#N)cn2C)c1cc(C)c(I)cc1C1CC1. The van der Waals surface area contributed by atoms with Gasteiger partial charge in [-0.25, -0.2) is 4.98 Å². The van der Waals surface area contributed by atoms with Crippen LogP contribution in [0.3, 0.4) is 0 Å². The van der Waals surface area contributed by atoms with E-state index < -0.39 is 0 Å². The molecule has 0 aliphatic heterocycles. The van der Waals surface area contributed by atoms with Gasteiger partial charge in [-0.3, -0.25) is 9.69 Å². The molecule has 0 N–H and O–H groups in total. The number of halogens is 1. The van der Waals surface area contributed by atoms with Gasteiger partial charge in [0.1, 0.15) is 17.4 Å². The molecule has 1 fully saturated rings. The molecule has 1 saturated carbocycles. The van der Waals surface area contributed by atoms with Gasteiger partial charge in [0.2, 0.25) is 0 Å². The van der Waals surface area contributed by atoms with E-state index in [1.165, 1.54) is 3.57 Å². The Hall–Kier alpha value is -2.84. The fourth-order valence-corrected chi connectivity index (χ4v) is 4.38. The number of nitriles is 1. The van der Waals surface area contributed by atoms with Crippen LogP contribution in [0, 0.1) is 40.6 Å². The summed E-state index contributed by atoms with van der Waals surface area (Å²) in [7, 11) is 1.90. The van der Waals surface area contributed by atoms with Crippen LogP contribution in [0.4, 0.5) is 11.5 Å². The van der Waals surface area contributed by atoms with Crippen LogP contribution in [0.2, 0.25) is 0 Å². The maximum Gasteiger partial charge on any atom is 0.308 e. The van der Waals surface area contributed by atoms with Crippen molar-refractivity contribution in [2.75, 3.05) is 4.90 Å². The van der Waals surface area contributed by atoms with E-state index in [0.717, 1.165) is 40.7 Å². The minimum atomic E-state index is -0.319. The van der Waals surface area contributed by atoms with Crippen LogP contribution in [0.25, 0.3) is 11.0 Å². The van der Waals surface area contributed by atoms with Crippen LogP contribution in [-0.4, -0.2) is 15.5 Å². The van der Waals surface area contributed by atoms with E-state index in [1.54, 1.807) is 18.0 Å². The van der Waals surface area contributed by atoms with E-state index in [4.69, 9.17) is 4.98 Å². The number of pyridine rings is 1. The number of fused-ring (bicyclic) bond motifs is 1. The molecule has 3 aromatic rings. The van der Waals surface area contributed by atoms with Gasteiger partial charge in [0.15, 0.2) is 0 Å². The van der Waals surface area contributed by atoms with Crippen molar-refractivity contribution in [3.05, 3.63) is 50.2 Å². The molecule has 1 amide bonds. The number of aromatic nitrogens is 2. The molecule has 30 heavy (non-hydrogen) atoms. The van der Waals surface area contributed by atoms with Gasteiger partial charge in [-0.2, -0.15) is 5.26 Å². The summed E-state index contributed by atoms with van der Waals surface area (Å²) >= 11 is 2.34. The second-order valence-electron chi connectivity index (χ2n) is 7.71. The number of aryl methyl sites for hydroxylation is 3. The highest BCUT2D eigenvalue weighted by atomic mass is 127. The van der Waals surface area contributed by atoms with Crippen LogP contribution in [0.1, 0.15) is 47.9 Å². The van der Waals surface area contributed by atoms with Gasteiger partial charge in [-0.15, -0.1) is 0 Å². The summed E-state index contributed by atoms with van der Waals surface area (Å²) in [6, 6.07) is 8.36. The molecule has 0 saturated heterocycles. The fourth-order valence-electron chi connectivity index (χ4n) is 3.89. The Morgan fingerprint density at radius 1 is 1.27 bits per heavy atom.